The Bertz CT molecular complexity index is 4060. The lowest BCUT2D eigenvalue weighted by molar-refractivity contribution is 0.616. The van der Waals surface area contributed by atoms with Crippen LogP contribution in [-0.4, -0.2) is 9.13 Å². The first-order valence-corrected chi connectivity index (χ1v) is 23.7. The molecule has 4 aromatic heterocycles. The maximum atomic E-state index is 16.3. The summed E-state index contributed by atoms with van der Waals surface area (Å²) in [4.78, 5) is 0. The predicted octanol–water partition coefficient (Wildman–Crippen LogP) is 17.9. The molecule has 2 nitrogen and oxygen atoms in total. The molecule has 0 saturated heterocycles. The van der Waals surface area contributed by atoms with Crippen LogP contribution in [0.15, 0.2) is 206 Å². The van der Waals surface area contributed by atoms with Crippen LogP contribution < -0.4 is 0 Å². The fourth-order valence-corrected chi connectivity index (χ4v) is 13.0. The van der Waals surface area contributed by atoms with Crippen LogP contribution in [0.4, 0.5) is 8.78 Å². The van der Waals surface area contributed by atoms with Crippen LogP contribution in [0.3, 0.4) is 0 Å². The van der Waals surface area contributed by atoms with Crippen LogP contribution in [0, 0.1) is 11.6 Å². The number of aromatic nitrogens is 2. The van der Waals surface area contributed by atoms with Crippen molar-refractivity contribution in [2.75, 3.05) is 0 Å². The van der Waals surface area contributed by atoms with E-state index in [0.29, 0.717) is 0 Å². The topological polar surface area (TPSA) is 9.86 Å². The van der Waals surface area contributed by atoms with Crippen molar-refractivity contribution < 1.29 is 8.78 Å². The van der Waals surface area contributed by atoms with E-state index in [1.165, 1.54) is 63.6 Å². The smallest absolute Gasteiger partial charge is 0.131 e. The number of hydrogen-bond donors (Lipinski definition) is 0. The minimum Gasteiger partial charge on any atom is -0.309 e. The van der Waals surface area contributed by atoms with E-state index in [0.717, 1.165) is 66.1 Å². The largest absolute Gasteiger partial charge is 0.309 e. The number of thiophene rings is 2. The summed E-state index contributed by atoms with van der Waals surface area (Å²) in [5.74, 6) is -0.979. The molecule has 14 aromatic rings. The van der Waals surface area contributed by atoms with Crippen molar-refractivity contribution >= 4 is 107 Å². The minimum absolute atomic E-state index is 0.199. The van der Waals surface area contributed by atoms with Gasteiger partial charge in [0.05, 0.1) is 22.1 Å². The van der Waals surface area contributed by atoms with Gasteiger partial charge in [-0.1, -0.05) is 121 Å². The number of benzene rings is 10. The normalized spacial score (nSPS) is 12.1. The van der Waals surface area contributed by atoms with E-state index < -0.39 is 11.6 Å². The highest BCUT2D eigenvalue weighted by molar-refractivity contribution is 7.26. The van der Waals surface area contributed by atoms with Crippen molar-refractivity contribution in [3.8, 4) is 44.8 Å². The second-order valence-electron chi connectivity index (χ2n) is 17.1. The predicted molar refractivity (Wildman–Crippen MR) is 277 cm³/mol. The molecule has 0 N–H and O–H groups in total. The molecule has 0 radical (unpaired) electrons. The quantitative estimate of drug-likeness (QED) is 0.163. The monoisotopic (exact) mass is 884 g/mol. The lowest BCUT2D eigenvalue weighted by Crippen LogP contribution is -1.99. The van der Waals surface area contributed by atoms with Crippen LogP contribution >= 0.6 is 22.7 Å². The number of nitrogens with zero attached hydrogens (tertiary/aromatic N) is 2. The Kier molecular flexibility index (Phi) is 8.12. The molecule has 0 aliphatic rings. The van der Waals surface area contributed by atoms with Gasteiger partial charge >= 0.3 is 0 Å². The summed E-state index contributed by atoms with van der Waals surface area (Å²) in [6, 6.07) is 70.3. The average molecular weight is 885 g/mol. The SMILES string of the molecule is Fc1ccc(-n2c3ccccc3c3cc(-c4cccc5c4sc4ccccc45)ccc32)cc1-c1cc(-n2c3ccccc3c3cc(-c4cccc5c4sc4ccccc45)ccc32)ccc1F. The summed E-state index contributed by atoms with van der Waals surface area (Å²) in [6.07, 6.45) is 0. The first kappa shape index (κ1) is 37.5. The molecule has 0 unspecified atom stereocenters. The van der Waals surface area contributed by atoms with Crippen molar-refractivity contribution in [2.45, 2.75) is 0 Å². The van der Waals surface area contributed by atoms with Crippen molar-refractivity contribution in [3.63, 3.8) is 0 Å². The van der Waals surface area contributed by atoms with E-state index in [9.17, 15) is 0 Å². The van der Waals surface area contributed by atoms with Crippen LogP contribution in [-0.2, 0) is 0 Å². The van der Waals surface area contributed by atoms with Crippen LogP contribution in [0.5, 0.6) is 0 Å². The highest BCUT2D eigenvalue weighted by atomic mass is 32.1. The van der Waals surface area contributed by atoms with E-state index >= 15 is 8.78 Å². The summed E-state index contributed by atoms with van der Waals surface area (Å²) in [7, 11) is 0. The molecular weight excluding hydrogens is 851 g/mol. The zero-order valence-corrected chi connectivity index (χ0v) is 36.7. The molecule has 0 atom stereocenters. The van der Waals surface area contributed by atoms with E-state index in [1.54, 1.807) is 24.3 Å². The number of fused-ring (bicyclic) bond motifs is 12. The number of halogens is 2. The van der Waals surface area contributed by atoms with E-state index in [-0.39, 0.29) is 11.1 Å². The third-order valence-corrected chi connectivity index (χ3v) is 15.9. The van der Waals surface area contributed by atoms with Gasteiger partial charge in [0.25, 0.3) is 0 Å². The number of para-hydroxylation sites is 2. The van der Waals surface area contributed by atoms with E-state index in [4.69, 9.17) is 0 Å². The first-order valence-electron chi connectivity index (χ1n) is 22.0. The highest BCUT2D eigenvalue weighted by Gasteiger charge is 2.21. The Labute approximate surface area is 385 Å². The second-order valence-corrected chi connectivity index (χ2v) is 19.2. The summed E-state index contributed by atoms with van der Waals surface area (Å²) >= 11 is 3.65. The van der Waals surface area contributed by atoms with Crippen LogP contribution in [0.2, 0.25) is 0 Å². The van der Waals surface area contributed by atoms with E-state index in [2.05, 4.69) is 167 Å². The summed E-state index contributed by atoms with van der Waals surface area (Å²) in [6.45, 7) is 0. The fraction of sp³-hybridized carbons (Fsp3) is 0. The van der Waals surface area contributed by atoms with Gasteiger partial charge in [0.2, 0.25) is 0 Å². The van der Waals surface area contributed by atoms with Gasteiger partial charge in [-0.25, -0.2) is 8.78 Å². The maximum absolute atomic E-state index is 16.3. The van der Waals surface area contributed by atoms with Gasteiger partial charge < -0.3 is 9.13 Å². The van der Waals surface area contributed by atoms with Gasteiger partial charge in [-0.15, -0.1) is 22.7 Å². The van der Waals surface area contributed by atoms with Crippen molar-refractivity contribution in [1.82, 2.24) is 9.13 Å². The molecule has 14 rings (SSSR count). The second kappa shape index (κ2) is 14.3. The molecule has 10 aromatic carbocycles. The standard InChI is InChI=1S/C60H34F2N2S2/c61-51-27-25-37(63-53-19-5-1-11-41(53)49-31-35(23-29-55(49)63)39-15-9-17-45-43-13-3-7-21-57(43)65-59(39)45)33-47(51)48-34-38(26-28-52(48)62)64-54-20-6-2-12-42(54)50-32-36(24-30-56(50)64)40-16-10-18-46-44-14-4-8-22-58(44)66-60(40)46/h1-34H. The molecule has 0 fully saturated rings. The van der Waals surface area contributed by atoms with Gasteiger partial charge in [-0.2, -0.15) is 0 Å². The fourth-order valence-electron chi connectivity index (χ4n) is 10.5. The Balaban J connectivity index is 0.901. The molecule has 0 spiro atoms. The van der Waals surface area contributed by atoms with Gasteiger partial charge in [-0.3, -0.25) is 0 Å². The molecular formula is C60H34F2N2S2. The van der Waals surface area contributed by atoms with Gasteiger partial charge in [0, 0.05) is 84.4 Å². The zero-order valence-electron chi connectivity index (χ0n) is 35.1. The Morgan fingerprint density at radius 2 is 0.682 bits per heavy atom. The summed E-state index contributed by atoms with van der Waals surface area (Å²) in [5, 5.41) is 9.43. The lowest BCUT2D eigenvalue weighted by Gasteiger charge is -2.14. The summed E-state index contributed by atoms with van der Waals surface area (Å²) in [5.41, 5.74) is 10.5. The molecule has 0 bridgehead atoms. The van der Waals surface area contributed by atoms with Crippen LogP contribution in [0.25, 0.3) is 129 Å². The molecule has 4 heterocycles. The number of hydrogen-bond acceptors (Lipinski definition) is 2. The van der Waals surface area contributed by atoms with Gasteiger partial charge in [0.1, 0.15) is 11.6 Å². The minimum atomic E-state index is -0.489. The molecule has 0 amide bonds. The Hall–Kier alpha value is -7.90. The maximum Gasteiger partial charge on any atom is 0.131 e. The van der Waals surface area contributed by atoms with Crippen molar-refractivity contribution in [3.05, 3.63) is 218 Å². The highest BCUT2D eigenvalue weighted by Crippen LogP contribution is 2.45. The third-order valence-electron chi connectivity index (χ3n) is 13.5. The number of rotatable bonds is 5. The molecule has 0 aliphatic carbocycles. The van der Waals surface area contributed by atoms with Gasteiger partial charge in [0.15, 0.2) is 0 Å². The Morgan fingerprint density at radius 3 is 1.15 bits per heavy atom. The van der Waals surface area contributed by atoms with Crippen molar-refractivity contribution in [1.29, 1.82) is 0 Å². The first-order chi connectivity index (χ1) is 32.6. The molecule has 0 saturated carbocycles. The van der Waals surface area contributed by atoms with Gasteiger partial charge in [-0.05, 0) is 107 Å². The van der Waals surface area contributed by atoms with E-state index in [1.807, 2.05) is 34.8 Å². The zero-order chi connectivity index (χ0) is 43.6. The molecule has 66 heavy (non-hydrogen) atoms. The third kappa shape index (κ3) is 5.49. The molecule has 6 heteroatoms. The molecule has 0 aliphatic heterocycles. The lowest BCUT2D eigenvalue weighted by atomic mass is 10.0. The average Bonchev–Trinajstić information content (AvgIpc) is 4.12. The van der Waals surface area contributed by atoms with Crippen LogP contribution in [0.1, 0.15) is 0 Å². The van der Waals surface area contributed by atoms with Crippen molar-refractivity contribution in [2.24, 2.45) is 0 Å². The summed E-state index contributed by atoms with van der Waals surface area (Å²) < 4.78 is 42.1. The molecule has 310 valence electrons. The Morgan fingerprint density at radius 1 is 0.288 bits per heavy atom.